The number of allylic oxidation sites excluding steroid dienone is 4. The number of hydrogen-bond donors (Lipinski definition) is 2. The molecular weight excluding hydrogens is 182 g/mol. The van der Waals surface area contributed by atoms with E-state index in [4.69, 9.17) is 5.26 Å². The van der Waals surface area contributed by atoms with Gasteiger partial charge in [-0.05, 0) is 25.3 Å². The zero-order valence-corrected chi connectivity index (χ0v) is 7.77. The Hall–Kier alpha value is -1.29. The van der Waals surface area contributed by atoms with E-state index in [1.54, 1.807) is 0 Å². The SMILES string of the molecule is O=C(OO)C1CCC2CC=CC=C2N1. The molecule has 2 N–H and O–H groups in total. The van der Waals surface area contributed by atoms with Crippen LogP contribution in [0.1, 0.15) is 19.3 Å². The predicted molar refractivity (Wildman–Crippen MR) is 50.2 cm³/mol. The maximum atomic E-state index is 11.1. The quantitative estimate of drug-likeness (QED) is 0.488. The monoisotopic (exact) mass is 195 g/mol. The van der Waals surface area contributed by atoms with E-state index in [1.165, 1.54) is 0 Å². The van der Waals surface area contributed by atoms with Gasteiger partial charge in [0.25, 0.3) is 0 Å². The molecule has 4 heteroatoms. The summed E-state index contributed by atoms with van der Waals surface area (Å²) in [5, 5.41) is 11.3. The summed E-state index contributed by atoms with van der Waals surface area (Å²) in [6.45, 7) is 0. The summed E-state index contributed by atoms with van der Waals surface area (Å²) >= 11 is 0. The van der Waals surface area contributed by atoms with Gasteiger partial charge in [0, 0.05) is 11.6 Å². The molecule has 0 spiro atoms. The third-order valence-electron chi connectivity index (χ3n) is 2.79. The van der Waals surface area contributed by atoms with E-state index in [9.17, 15) is 4.79 Å². The first-order valence-corrected chi connectivity index (χ1v) is 4.80. The van der Waals surface area contributed by atoms with Gasteiger partial charge >= 0.3 is 5.97 Å². The van der Waals surface area contributed by atoms with Gasteiger partial charge in [-0.1, -0.05) is 12.2 Å². The second-order valence-electron chi connectivity index (χ2n) is 3.67. The van der Waals surface area contributed by atoms with Gasteiger partial charge in [0.1, 0.15) is 6.04 Å². The Morgan fingerprint density at radius 3 is 3.21 bits per heavy atom. The van der Waals surface area contributed by atoms with Crippen molar-refractivity contribution in [1.82, 2.24) is 5.32 Å². The van der Waals surface area contributed by atoms with Crippen LogP contribution in [0.5, 0.6) is 0 Å². The molecule has 1 saturated heterocycles. The summed E-state index contributed by atoms with van der Waals surface area (Å²) in [5.41, 5.74) is 1.08. The molecule has 2 aliphatic rings. The molecule has 0 radical (unpaired) electrons. The first-order chi connectivity index (χ1) is 6.81. The minimum atomic E-state index is -0.598. The van der Waals surface area contributed by atoms with Crippen molar-refractivity contribution in [2.45, 2.75) is 25.3 Å². The van der Waals surface area contributed by atoms with E-state index in [2.05, 4.69) is 16.3 Å². The van der Waals surface area contributed by atoms with Crippen LogP contribution in [-0.4, -0.2) is 17.3 Å². The molecule has 4 nitrogen and oxygen atoms in total. The lowest BCUT2D eigenvalue weighted by molar-refractivity contribution is -0.236. The molecule has 2 rings (SSSR count). The van der Waals surface area contributed by atoms with Crippen molar-refractivity contribution in [2.24, 2.45) is 5.92 Å². The van der Waals surface area contributed by atoms with Crippen LogP contribution in [0.15, 0.2) is 23.9 Å². The minimum absolute atomic E-state index is 0.394. The largest absolute Gasteiger partial charge is 0.375 e. The highest BCUT2D eigenvalue weighted by molar-refractivity contribution is 5.75. The van der Waals surface area contributed by atoms with Crippen LogP contribution >= 0.6 is 0 Å². The van der Waals surface area contributed by atoms with E-state index in [1.807, 2.05) is 12.2 Å². The Balaban J connectivity index is 2.05. The van der Waals surface area contributed by atoms with Crippen LogP contribution in [0.25, 0.3) is 0 Å². The summed E-state index contributed by atoms with van der Waals surface area (Å²) < 4.78 is 0. The van der Waals surface area contributed by atoms with E-state index < -0.39 is 12.0 Å². The number of piperidine rings is 1. The van der Waals surface area contributed by atoms with Crippen LogP contribution < -0.4 is 5.32 Å². The second-order valence-corrected chi connectivity index (χ2v) is 3.67. The molecule has 14 heavy (non-hydrogen) atoms. The molecule has 1 aliphatic carbocycles. The highest BCUT2D eigenvalue weighted by Gasteiger charge is 2.30. The smallest absolute Gasteiger partial charge is 0.363 e. The van der Waals surface area contributed by atoms with E-state index in [-0.39, 0.29) is 0 Å². The predicted octanol–water partition coefficient (Wildman–Crippen LogP) is 1.21. The lowest BCUT2D eigenvalue weighted by Gasteiger charge is -2.32. The third-order valence-corrected chi connectivity index (χ3v) is 2.79. The first kappa shape index (κ1) is 9.27. The highest BCUT2D eigenvalue weighted by Crippen LogP contribution is 2.28. The fraction of sp³-hybridized carbons (Fsp3) is 0.500. The second kappa shape index (κ2) is 3.84. The van der Waals surface area contributed by atoms with Gasteiger partial charge in [-0.2, -0.15) is 5.26 Å². The fourth-order valence-electron chi connectivity index (χ4n) is 2.00. The molecular formula is C10H13NO3. The van der Waals surface area contributed by atoms with Crippen LogP contribution in [0.2, 0.25) is 0 Å². The van der Waals surface area contributed by atoms with Gasteiger partial charge in [0.05, 0.1) is 0 Å². The van der Waals surface area contributed by atoms with Crippen molar-refractivity contribution < 1.29 is 14.9 Å². The number of carbonyl (C=O) groups excluding carboxylic acids is 1. The average molecular weight is 195 g/mol. The molecule has 0 aromatic rings. The first-order valence-electron chi connectivity index (χ1n) is 4.80. The molecule has 76 valence electrons. The van der Waals surface area contributed by atoms with Crippen molar-refractivity contribution in [3.63, 3.8) is 0 Å². The van der Waals surface area contributed by atoms with Gasteiger partial charge in [-0.15, -0.1) is 0 Å². The lowest BCUT2D eigenvalue weighted by Crippen LogP contribution is -2.43. The number of fused-ring (bicyclic) bond motifs is 1. The lowest BCUT2D eigenvalue weighted by atomic mass is 9.86. The molecule has 1 heterocycles. The molecule has 0 aromatic carbocycles. The summed E-state index contributed by atoms with van der Waals surface area (Å²) in [6.07, 6.45) is 8.79. The molecule has 1 fully saturated rings. The zero-order chi connectivity index (χ0) is 9.97. The maximum absolute atomic E-state index is 11.1. The van der Waals surface area contributed by atoms with Crippen LogP contribution in [0.4, 0.5) is 0 Å². The number of nitrogens with one attached hydrogen (secondary N) is 1. The number of hydrogen-bond acceptors (Lipinski definition) is 4. The summed E-state index contributed by atoms with van der Waals surface area (Å²) in [5.74, 6) is -0.0957. The van der Waals surface area contributed by atoms with Gasteiger partial charge in [-0.3, -0.25) is 4.89 Å². The highest BCUT2D eigenvalue weighted by atomic mass is 17.1. The van der Waals surface area contributed by atoms with Gasteiger partial charge < -0.3 is 5.32 Å². The van der Waals surface area contributed by atoms with Crippen molar-refractivity contribution in [2.75, 3.05) is 0 Å². The summed E-state index contributed by atoms with van der Waals surface area (Å²) in [6, 6.07) is -0.394. The Kier molecular flexibility index (Phi) is 2.54. The minimum Gasteiger partial charge on any atom is -0.375 e. The molecule has 0 saturated carbocycles. The Morgan fingerprint density at radius 1 is 1.57 bits per heavy atom. The summed E-state index contributed by atoms with van der Waals surface area (Å²) in [7, 11) is 0. The number of carbonyl (C=O) groups is 1. The van der Waals surface area contributed by atoms with Gasteiger partial charge in [0.2, 0.25) is 0 Å². The Labute approximate surface area is 82.2 Å². The molecule has 1 aliphatic heterocycles. The van der Waals surface area contributed by atoms with Crippen LogP contribution in [0.3, 0.4) is 0 Å². The van der Waals surface area contributed by atoms with Crippen molar-refractivity contribution in [3.8, 4) is 0 Å². The molecule has 2 unspecified atom stereocenters. The fourth-order valence-corrected chi connectivity index (χ4v) is 2.00. The van der Waals surface area contributed by atoms with Crippen molar-refractivity contribution in [1.29, 1.82) is 0 Å². The topological polar surface area (TPSA) is 58.6 Å². The normalized spacial score (nSPS) is 29.9. The van der Waals surface area contributed by atoms with E-state index in [0.717, 1.165) is 25.0 Å². The van der Waals surface area contributed by atoms with Gasteiger partial charge in [-0.25, -0.2) is 4.79 Å². The number of rotatable bonds is 1. The summed E-state index contributed by atoms with van der Waals surface area (Å²) in [4.78, 5) is 14.8. The zero-order valence-electron chi connectivity index (χ0n) is 7.77. The standard InChI is InChI=1S/C10H13NO3/c12-10(14-13)9-6-5-7-3-1-2-4-8(7)11-9/h1-2,4,7,9,11,13H,3,5-6H2. The van der Waals surface area contributed by atoms with Crippen molar-refractivity contribution >= 4 is 5.97 Å². The average Bonchev–Trinajstić information content (AvgIpc) is 2.27. The molecule has 0 aromatic heterocycles. The molecule has 0 bridgehead atoms. The molecule has 2 atom stereocenters. The van der Waals surface area contributed by atoms with Crippen molar-refractivity contribution in [3.05, 3.63) is 23.9 Å². The van der Waals surface area contributed by atoms with Gasteiger partial charge in [0.15, 0.2) is 0 Å². The molecule has 0 amide bonds. The van der Waals surface area contributed by atoms with E-state index >= 15 is 0 Å². The van der Waals surface area contributed by atoms with Crippen LogP contribution in [0, 0.1) is 5.92 Å². The third kappa shape index (κ3) is 1.65. The van der Waals surface area contributed by atoms with Crippen LogP contribution in [-0.2, 0) is 9.68 Å². The maximum Gasteiger partial charge on any atom is 0.363 e. The Morgan fingerprint density at radius 2 is 2.43 bits per heavy atom. The Bertz CT molecular complexity index is 296. The van der Waals surface area contributed by atoms with E-state index in [0.29, 0.717) is 5.92 Å².